The molecule has 0 bridgehead atoms. The second-order valence-electron chi connectivity index (χ2n) is 8.38. The molecule has 1 N–H and O–H groups in total. The summed E-state index contributed by atoms with van der Waals surface area (Å²) in [6.45, 7) is 0.429. The standard InChI is InChI=1S/C26H23N3O5S/c30-25(22-16-18-6-1-2-9-24(18)34-26(22)31)28-20-10-12-21(13-11-20)35(32,33)29-15-4-3-8-23(29)19-7-5-14-27-17-19/h1-2,5-7,9-14,16-17,23H,3-4,8,15H2,(H,28,30)/t23-/m0/s1. The Morgan fingerprint density at radius 1 is 1.03 bits per heavy atom. The number of nitrogens with zero attached hydrogens (tertiary/aromatic N) is 2. The molecule has 0 radical (unpaired) electrons. The van der Waals surface area contributed by atoms with Crippen LogP contribution < -0.4 is 10.9 Å². The fourth-order valence-electron chi connectivity index (χ4n) is 4.36. The predicted molar refractivity (Wildman–Crippen MR) is 132 cm³/mol. The molecule has 0 aliphatic carbocycles. The average molecular weight is 490 g/mol. The van der Waals surface area contributed by atoms with Gasteiger partial charge in [0.15, 0.2) is 0 Å². The molecule has 1 amide bonds. The van der Waals surface area contributed by atoms with Gasteiger partial charge in [0.25, 0.3) is 5.91 Å². The zero-order valence-electron chi connectivity index (χ0n) is 18.8. The van der Waals surface area contributed by atoms with E-state index in [0.717, 1.165) is 24.8 Å². The van der Waals surface area contributed by atoms with E-state index in [1.807, 2.05) is 12.1 Å². The van der Waals surface area contributed by atoms with Crippen LogP contribution in [0.5, 0.6) is 0 Å². The molecule has 9 heteroatoms. The van der Waals surface area contributed by atoms with Crippen LogP contribution in [0.1, 0.15) is 41.2 Å². The lowest BCUT2D eigenvalue weighted by Gasteiger charge is -2.34. The zero-order chi connectivity index (χ0) is 24.4. The molecule has 8 nitrogen and oxygen atoms in total. The summed E-state index contributed by atoms with van der Waals surface area (Å²) in [5.74, 6) is -0.632. The van der Waals surface area contributed by atoms with Crippen molar-refractivity contribution in [2.24, 2.45) is 0 Å². The first-order valence-electron chi connectivity index (χ1n) is 11.3. The maximum absolute atomic E-state index is 13.5. The summed E-state index contributed by atoms with van der Waals surface area (Å²) in [7, 11) is -3.76. The molecule has 2 aromatic heterocycles. The Labute approximate surface area is 202 Å². The van der Waals surface area contributed by atoms with Gasteiger partial charge in [-0.25, -0.2) is 13.2 Å². The SMILES string of the molecule is O=C(Nc1ccc(S(=O)(=O)N2CCCC[C@H]2c2cccnc2)cc1)c1cc2ccccc2oc1=O. The van der Waals surface area contributed by atoms with Gasteiger partial charge < -0.3 is 9.73 Å². The topological polar surface area (TPSA) is 110 Å². The molecule has 1 aliphatic heterocycles. The van der Waals surface area contributed by atoms with Gasteiger partial charge in [0.1, 0.15) is 11.1 Å². The van der Waals surface area contributed by atoms with Crippen molar-refractivity contribution in [3.05, 3.63) is 101 Å². The number of pyridine rings is 1. The van der Waals surface area contributed by atoms with Gasteiger partial charge in [0.2, 0.25) is 10.0 Å². The second-order valence-corrected chi connectivity index (χ2v) is 10.3. The maximum Gasteiger partial charge on any atom is 0.349 e. The molecule has 2 aromatic carbocycles. The number of amides is 1. The van der Waals surface area contributed by atoms with Gasteiger partial charge in [-0.05, 0) is 60.9 Å². The molecule has 35 heavy (non-hydrogen) atoms. The van der Waals surface area contributed by atoms with Crippen LogP contribution in [0, 0.1) is 0 Å². The van der Waals surface area contributed by atoms with Crippen LogP contribution in [0.2, 0.25) is 0 Å². The summed E-state index contributed by atoms with van der Waals surface area (Å²) >= 11 is 0. The molecule has 1 atom stereocenters. The van der Waals surface area contributed by atoms with Crippen LogP contribution in [0.4, 0.5) is 5.69 Å². The third-order valence-corrected chi connectivity index (χ3v) is 8.05. The third kappa shape index (κ3) is 4.60. The zero-order valence-corrected chi connectivity index (χ0v) is 19.6. The van der Waals surface area contributed by atoms with Crippen molar-refractivity contribution in [2.45, 2.75) is 30.2 Å². The highest BCUT2D eigenvalue weighted by Gasteiger charge is 2.34. The molecule has 5 rings (SSSR count). The largest absolute Gasteiger partial charge is 0.422 e. The van der Waals surface area contributed by atoms with Gasteiger partial charge in [0.05, 0.1) is 10.9 Å². The molecule has 4 aromatic rings. The minimum atomic E-state index is -3.76. The third-order valence-electron chi connectivity index (χ3n) is 6.13. The van der Waals surface area contributed by atoms with Gasteiger partial charge in [-0.2, -0.15) is 4.31 Å². The van der Waals surface area contributed by atoms with Crippen molar-refractivity contribution in [1.82, 2.24) is 9.29 Å². The van der Waals surface area contributed by atoms with Gasteiger partial charge in [0, 0.05) is 30.0 Å². The summed E-state index contributed by atoms with van der Waals surface area (Å²) < 4.78 is 33.7. The molecule has 1 aliphatic rings. The lowest BCUT2D eigenvalue weighted by molar-refractivity contribution is 0.102. The number of nitrogens with one attached hydrogen (secondary N) is 1. The van der Waals surface area contributed by atoms with Gasteiger partial charge >= 0.3 is 5.63 Å². The molecule has 0 saturated carbocycles. The monoisotopic (exact) mass is 489 g/mol. The number of fused-ring (bicyclic) bond motifs is 1. The number of hydrogen-bond donors (Lipinski definition) is 1. The van der Waals surface area contributed by atoms with Crippen LogP contribution in [-0.4, -0.2) is 30.2 Å². The van der Waals surface area contributed by atoms with Crippen LogP contribution in [-0.2, 0) is 10.0 Å². The van der Waals surface area contributed by atoms with E-state index in [-0.39, 0.29) is 16.5 Å². The smallest absolute Gasteiger partial charge is 0.349 e. The Morgan fingerprint density at radius 2 is 1.83 bits per heavy atom. The minimum Gasteiger partial charge on any atom is -0.422 e. The highest BCUT2D eigenvalue weighted by molar-refractivity contribution is 7.89. The predicted octanol–water partition coefficient (Wildman–Crippen LogP) is 4.36. The number of aromatic nitrogens is 1. The first kappa shape index (κ1) is 22.9. The van der Waals surface area contributed by atoms with E-state index in [2.05, 4.69) is 10.3 Å². The van der Waals surface area contributed by atoms with Gasteiger partial charge in [-0.15, -0.1) is 0 Å². The van der Waals surface area contributed by atoms with E-state index in [4.69, 9.17) is 4.42 Å². The summed E-state index contributed by atoms with van der Waals surface area (Å²) in [5, 5.41) is 3.27. The number of piperidine rings is 1. The van der Waals surface area contributed by atoms with Crippen LogP contribution >= 0.6 is 0 Å². The normalized spacial score (nSPS) is 16.7. The fraction of sp³-hybridized carbons (Fsp3) is 0.192. The number of sulfonamides is 1. The highest BCUT2D eigenvalue weighted by atomic mass is 32.2. The first-order chi connectivity index (χ1) is 16.9. The fourth-order valence-corrected chi connectivity index (χ4v) is 6.05. The van der Waals surface area contributed by atoms with Crippen molar-refractivity contribution < 1.29 is 17.6 Å². The Bertz CT molecular complexity index is 1530. The molecule has 3 heterocycles. The molecule has 178 valence electrons. The summed E-state index contributed by atoms with van der Waals surface area (Å²) in [4.78, 5) is 29.2. The average Bonchev–Trinajstić information content (AvgIpc) is 2.89. The molecular weight excluding hydrogens is 466 g/mol. The number of benzene rings is 2. The summed E-state index contributed by atoms with van der Waals surface area (Å²) in [6.07, 6.45) is 5.84. The van der Waals surface area contributed by atoms with Crippen LogP contribution in [0.15, 0.2) is 93.2 Å². The van der Waals surface area contributed by atoms with E-state index in [1.165, 1.54) is 34.6 Å². The van der Waals surface area contributed by atoms with Crippen molar-refractivity contribution in [3.63, 3.8) is 0 Å². The molecule has 1 fully saturated rings. The quantitative estimate of drug-likeness (QED) is 0.417. The lowest BCUT2D eigenvalue weighted by Crippen LogP contribution is -2.38. The Kier molecular flexibility index (Phi) is 6.19. The Morgan fingerprint density at radius 3 is 2.60 bits per heavy atom. The Balaban J connectivity index is 1.37. The molecule has 0 unspecified atom stereocenters. The van der Waals surface area contributed by atoms with Crippen molar-refractivity contribution in [3.8, 4) is 0 Å². The minimum absolute atomic E-state index is 0.131. The van der Waals surface area contributed by atoms with Gasteiger partial charge in [-0.3, -0.25) is 9.78 Å². The Hall–Kier alpha value is -3.82. The van der Waals surface area contributed by atoms with E-state index < -0.39 is 21.6 Å². The van der Waals surface area contributed by atoms with Crippen molar-refractivity contribution in [2.75, 3.05) is 11.9 Å². The van der Waals surface area contributed by atoms with E-state index >= 15 is 0 Å². The van der Waals surface area contributed by atoms with Gasteiger partial charge in [-0.1, -0.05) is 30.7 Å². The maximum atomic E-state index is 13.5. The number of rotatable bonds is 5. The highest BCUT2D eigenvalue weighted by Crippen LogP contribution is 2.35. The molecule has 0 spiro atoms. The van der Waals surface area contributed by atoms with E-state index in [9.17, 15) is 18.0 Å². The lowest BCUT2D eigenvalue weighted by atomic mass is 9.99. The van der Waals surface area contributed by atoms with Crippen LogP contribution in [0.25, 0.3) is 11.0 Å². The number of carbonyl (C=O) groups is 1. The number of para-hydroxylation sites is 1. The van der Waals surface area contributed by atoms with E-state index in [0.29, 0.717) is 23.2 Å². The molecule has 1 saturated heterocycles. The van der Waals surface area contributed by atoms with Crippen LogP contribution in [0.3, 0.4) is 0 Å². The van der Waals surface area contributed by atoms with Crippen molar-refractivity contribution in [1.29, 1.82) is 0 Å². The number of anilines is 1. The number of hydrogen-bond acceptors (Lipinski definition) is 6. The first-order valence-corrected chi connectivity index (χ1v) is 12.7. The molecular formula is C26H23N3O5S. The summed E-state index contributed by atoms with van der Waals surface area (Å²) in [5.41, 5.74) is 0.753. The van der Waals surface area contributed by atoms with E-state index in [1.54, 1.807) is 36.7 Å². The van der Waals surface area contributed by atoms with Crippen molar-refractivity contribution >= 4 is 32.6 Å². The second kappa shape index (κ2) is 9.44. The number of carbonyl (C=O) groups excluding carboxylic acids is 1. The summed E-state index contributed by atoms with van der Waals surface area (Å²) in [6, 6.07) is 17.8.